The number of nitrogens with zero attached hydrogens (tertiary/aromatic N) is 2. The molecule has 0 aliphatic carbocycles. The number of rotatable bonds is 6. The van der Waals surface area contributed by atoms with Crippen LogP contribution in [0.15, 0.2) is 0 Å². The minimum absolute atomic E-state index is 0.701. The Morgan fingerprint density at radius 3 is 2.44 bits per heavy atom. The Hall–Kier alpha value is -0.830. The van der Waals surface area contributed by atoms with E-state index >= 15 is 0 Å². The zero-order chi connectivity index (χ0) is 12.1. The van der Waals surface area contributed by atoms with Crippen molar-refractivity contribution in [3.05, 3.63) is 17.0 Å². The minimum Gasteiger partial charge on any atom is -0.312 e. The van der Waals surface area contributed by atoms with Crippen LogP contribution >= 0.6 is 0 Å². The van der Waals surface area contributed by atoms with Gasteiger partial charge in [0.1, 0.15) is 0 Å². The number of aromatic nitrogens is 2. The molecule has 0 saturated heterocycles. The molecule has 0 bridgehead atoms. The third-order valence-corrected chi connectivity index (χ3v) is 2.88. The molecule has 1 heterocycles. The first-order valence-corrected chi connectivity index (χ1v) is 6.34. The minimum atomic E-state index is 0.701. The third-order valence-electron chi connectivity index (χ3n) is 2.88. The molecule has 1 aromatic heterocycles. The average Bonchev–Trinajstić information content (AvgIpc) is 2.54. The molecule has 1 N–H and O–H groups in total. The van der Waals surface area contributed by atoms with E-state index in [2.05, 4.69) is 38.1 Å². The van der Waals surface area contributed by atoms with Crippen LogP contribution in [0.5, 0.6) is 0 Å². The van der Waals surface area contributed by atoms with Crippen LogP contribution in [0.3, 0.4) is 0 Å². The van der Waals surface area contributed by atoms with Crippen molar-refractivity contribution < 1.29 is 0 Å². The maximum Gasteiger partial charge on any atom is 0.0669 e. The second kappa shape index (κ2) is 6.04. The summed E-state index contributed by atoms with van der Waals surface area (Å²) in [6.45, 7) is 10.9. The van der Waals surface area contributed by atoms with Crippen LogP contribution in [0, 0.1) is 5.92 Å². The zero-order valence-electron chi connectivity index (χ0n) is 11.3. The Morgan fingerprint density at radius 1 is 1.25 bits per heavy atom. The van der Waals surface area contributed by atoms with Gasteiger partial charge in [-0.3, -0.25) is 4.68 Å². The van der Waals surface area contributed by atoms with Crippen LogP contribution in [-0.4, -0.2) is 16.3 Å². The first kappa shape index (κ1) is 13.2. The second-order valence-electron chi connectivity index (χ2n) is 4.73. The lowest BCUT2D eigenvalue weighted by Gasteiger charge is -2.09. The van der Waals surface area contributed by atoms with Gasteiger partial charge in [0.25, 0.3) is 0 Å². The largest absolute Gasteiger partial charge is 0.312 e. The first-order chi connectivity index (χ1) is 7.60. The van der Waals surface area contributed by atoms with E-state index in [1.54, 1.807) is 0 Å². The van der Waals surface area contributed by atoms with Crippen molar-refractivity contribution in [3.8, 4) is 0 Å². The highest BCUT2D eigenvalue weighted by atomic mass is 15.3. The monoisotopic (exact) mass is 223 g/mol. The summed E-state index contributed by atoms with van der Waals surface area (Å²) in [5.41, 5.74) is 4.02. The lowest BCUT2D eigenvalue weighted by Crippen LogP contribution is -2.20. The number of nitrogens with one attached hydrogen (secondary N) is 1. The summed E-state index contributed by atoms with van der Waals surface area (Å²) in [5.74, 6) is 0.701. The molecule has 0 aliphatic heterocycles. The fourth-order valence-corrected chi connectivity index (χ4v) is 2.08. The SMILES string of the molecule is CCc1nn(C)c(CC)c1CNCC(C)C. The van der Waals surface area contributed by atoms with Crippen LogP contribution in [0.2, 0.25) is 0 Å². The summed E-state index contributed by atoms with van der Waals surface area (Å²) in [6.07, 6.45) is 2.08. The molecule has 0 fully saturated rings. The van der Waals surface area contributed by atoms with E-state index in [1.807, 2.05) is 11.7 Å². The Kier molecular flexibility index (Phi) is 5.00. The predicted octanol–water partition coefficient (Wildman–Crippen LogP) is 2.29. The summed E-state index contributed by atoms with van der Waals surface area (Å²) in [5, 5.41) is 8.08. The van der Waals surface area contributed by atoms with Gasteiger partial charge in [0.15, 0.2) is 0 Å². The van der Waals surface area contributed by atoms with E-state index in [0.717, 1.165) is 25.9 Å². The lowest BCUT2D eigenvalue weighted by atomic mass is 10.1. The van der Waals surface area contributed by atoms with Crippen molar-refractivity contribution in [1.29, 1.82) is 0 Å². The van der Waals surface area contributed by atoms with E-state index in [9.17, 15) is 0 Å². The van der Waals surface area contributed by atoms with Crippen molar-refractivity contribution in [2.75, 3.05) is 6.54 Å². The van der Waals surface area contributed by atoms with Crippen LogP contribution in [0.25, 0.3) is 0 Å². The molecule has 0 radical (unpaired) electrons. The predicted molar refractivity (Wildman–Crippen MR) is 68.5 cm³/mol. The highest BCUT2D eigenvalue weighted by Crippen LogP contribution is 2.15. The Bertz CT molecular complexity index is 326. The van der Waals surface area contributed by atoms with Crippen LogP contribution in [-0.2, 0) is 26.4 Å². The Balaban J connectivity index is 2.75. The van der Waals surface area contributed by atoms with Gasteiger partial charge in [0.05, 0.1) is 5.69 Å². The van der Waals surface area contributed by atoms with Crippen LogP contribution in [0.4, 0.5) is 0 Å². The standard InChI is InChI=1S/C13H25N3/c1-6-12-11(9-14-8-10(3)4)13(7-2)16(5)15-12/h10,14H,6-9H2,1-5H3. The Labute approximate surface area is 99.2 Å². The van der Waals surface area contributed by atoms with Crippen molar-refractivity contribution in [2.24, 2.45) is 13.0 Å². The summed E-state index contributed by atoms with van der Waals surface area (Å²) in [6, 6.07) is 0. The molecule has 0 unspecified atom stereocenters. The molecule has 0 aromatic carbocycles. The van der Waals surface area contributed by atoms with Gasteiger partial charge in [-0.2, -0.15) is 5.10 Å². The fraction of sp³-hybridized carbons (Fsp3) is 0.769. The maximum absolute atomic E-state index is 4.57. The normalized spacial score (nSPS) is 11.4. The summed E-state index contributed by atoms with van der Waals surface area (Å²) in [7, 11) is 2.05. The van der Waals surface area contributed by atoms with Crippen molar-refractivity contribution in [3.63, 3.8) is 0 Å². The van der Waals surface area contributed by atoms with Gasteiger partial charge in [-0.15, -0.1) is 0 Å². The smallest absolute Gasteiger partial charge is 0.0669 e. The molecule has 3 heteroatoms. The Morgan fingerprint density at radius 2 is 1.94 bits per heavy atom. The van der Waals surface area contributed by atoms with E-state index in [4.69, 9.17) is 0 Å². The number of hydrogen-bond donors (Lipinski definition) is 1. The third kappa shape index (κ3) is 3.08. The molecule has 0 spiro atoms. The van der Waals surface area contributed by atoms with Crippen molar-refractivity contribution >= 4 is 0 Å². The van der Waals surface area contributed by atoms with Crippen LogP contribution < -0.4 is 5.32 Å². The number of aryl methyl sites for hydroxylation is 2. The summed E-state index contributed by atoms with van der Waals surface area (Å²) in [4.78, 5) is 0. The van der Waals surface area contributed by atoms with Gasteiger partial charge < -0.3 is 5.32 Å². The fourth-order valence-electron chi connectivity index (χ4n) is 2.08. The van der Waals surface area contributed by atoms with E-state index in [-0.39, 0.29) is 0 Å². The van der Waals surface area contributed by atoms with Crippen molar-refractivity contribution in [2.45, 2.75) is 47.1 Å². The molecule has 3 nitrogen and oxygen atoms in total. The molecular weight excluding hydrogens is 198 g/mol. The van der Waals surface area contributed by atoms with Gasteiger partial charge in [0, 0.05) is 24.8 Å². The molecule has 1 rings (SSSR count). The van der Waals surface area contributed by atoms with Gasteiger partial charge in [-0.05, 0) is 25.3 Å². The molecule has 92 valence electrons. The number of hydrogen-bond acceptors (Lipinski definition) is 2. The van der Waals surface area contributed by atoms with Gasteiger partial charge in [0.2, 0.25) is 0 Å². The zero-order valence-corrected chi connectivity index (χ0v) is 11.3. The lowest BCUT2D eigenvalue weighted by molar-refractivity contribution is 0.549. The molecule has 0 aliphatic rings. The summed E-state index contributed by atoms with van der Waals surface area (Å²) < 4.78 is 2.03. The molecule has 0 saturated carbocycles. The molecule has 1 aromatic rings. The highest BCUT2D eigenvalue weighted by molar-refractivity contribution is 5.26. The molecule has 0 amide bonds. The van der Waals surface area contributed by atoms with E-state index in [0.29, 0.717) is 5.92 Å². The average molecular weight is 223 g/mol. The van der Waals surface area contributed by atoms with E-state index < -0.39 is 0 Å². The van der Waals surface area contributed by atoms with Gasteiger partial charge in [-0.25, -0.2) is 0 Å². The van der Waals surface area contributed by atoms with E-state index in [1.165, 1.54) is 17.0 Å². The van der Waals surface area contributed by atoms with Crippen molar-refractivity contribution in [1.82, 2.24) is 15.1 Å². The van der Waals surface area contributed by atoms with Gasteiger partial charge >= 0.3 is 0 Å². The molecular formula is C13H25N3. The first-order valence-electron chi connectivity index (χ1n) is 6.34. The highest BCUT2D eigenvalue weighted by Gasteiger charge is 2.12. The topological polar surface area (TPSA) is 29.9 Å². The summed E-state index contributed by atoms with van der Waals surface area (Å²) >= 11 is 0. The molecule has 0 atom stereocenters. The van der Waals surface area contributed by atoms with Gasteiger partial charge in [-0.1, -0.05) is 27.7 Å². The molecule has 16 heavy (non-hydrogen) atoms. The van der Waals surface area contributed by atoms with Crippen LogP contribution in [0.1, 0.15) is 44.6 Å². The maximum atomic E-state index is 4.57. The second-order valence-corrected chi connectivity index (χ2v) is 4.73. The quantitative estimate of drug-likeness (QED) is 0.802.